The van der Waals surface area contributed by atoms with Crippen LogP contribution in [0.2, 0.25) is 0 Å². The lowest BCUT2D eigenvalue weighted by Crippen LogP contribution is -2.53. The van der Waals surface area contributed by atoms with Crippen molar-refractivity contribution >= 4 is 28.9 Å². The number of aliphatic hydroxyl groups is 1. The molecule has 4 N–H and O–H groups in total. The number of hydrogen-bond acceptors (Lipinski definition) is 3. The van der Waals surface area contributed by atoms with Crippen LogP contribution in [0.25, 0.3) is 0 Å². The van der Waals surface area contributed by atoms with Gasteiger partial charge in [-0.1, -0.05) is 78.9 Å². The Labute approximate surface area is 175 Å². The van der Waals surface area contributed by atoms with E-state index in [9.17, 15) is 9.90 Å². The molecule has 0 aliphatic carbocycles. The summed E-state index contributed by atoms with van der Waals surface area (Å²) in [4.78, 5) is 13.0. The van der Waals surface area contributed by atoms with Gasteiger partial charge in [-0.2, -0.15) is 0 Å². The van der Waals surface area contributed by atoms with Crippen molar-refractivity contribution in [3.63, 3.8) is 0 Å². The summed E-state index contributed by atoms with van der Waals surface area (Å²) in [5.41, 5.74) is 7.21. The Morgan fingerprint density at radius 1 is 0.793 bits per heavy atom. The van der Waals surface area contributed by atoms with Gasteiger partial charge in [0.05, 0.1) is 0 Å². The highest BCUT2D eigenvalue weighted by Gasteiger charge is 2.40. The molecule has 0 bridgehead atoms. The highest BCUT2D eigenvalue weighted by molar-refractivity contribution is 7.80. The molecule has 0 radical (unpaired) electrons. The predicted molar refractivity (Wildman–Crippen MR) is 119 cm³/mol. The lowest BCUT2D eigenvalue weighted by Gasteiger charge is -2.28. The smallest absolute Gasteiger partial charge is 0.279 e. The van der Waals surface area contributed by atoms with Gasteiger partial charge in [0.1, 0.15) is 0 Å². The number of rotatable bonds is 4. The third-order valence-electron chi connectivity index (χ3n) is 4.72. The molecule has 5 nitrogen and oxygen atoms in total. The Kier molecular flexibility index (Phi) is 6.26. The van der Waals surface area contributed by atoms with Gasteiger partial charge in [0.2, 0.25) is 0 Å². The fourth-order valence-electron chi connectivity index (χ4n) is 3.15. The van der Waals surface area contributed by atoms with E-state index in [2.05, 4.69) is 16.2 Å². The van der Waals surface area contributed by atoms with Gasteiger partial charge in [-0.3, -0.25) is 15.6 Å². The van der Waals surface area contributed by atoms with E-state index in [1.165, 1.54) is 0 Å². The first-order valence-electron chi connectivity index (χ1n) is 9.20. The summed E-state index contributed by atoms with van der Waals surface area (Å²) >= 11 is 5.31. The fraction of sp³-hybridized carbons (Fsp3) is 0.130. The van der Waals surface area contributed by atoms with Crippen LogP contribution in [-0.2, 0) is 10.4 Å². The number of thiocarbonyl (C=S) groups is 1. The van der Waals surface area contributed by atoms with Crippen LogP contribution in [0.5, 0.6) is 0 Å². The zero-order valence-electron chi connectivity index (χ0n) is 16.3. The van der Waals surface area contributed by atoms with Gasteiger partial charge in [-0.15, -0.1) is 0 Å². The molecule has 0 heterocycles. The third-order valence-corrected chi connectivity index (χ3v) is 4.93. The molecule has 0 atom stereocenters. The van der Waals surface area contributed by atoms with E-state index >= 15 is 0 Å². The molecule has 0 saturated carbocycles. The molecule has 0 unspecified atom stereocenters. The Bertz CT molecular complexity index is 947. The number of anilines is 1. The largest absolute Gasteiger partial charge is 0.372 e. The molecule has 0 aliphatic rings. The van der Waals surface area contributed by atoms with Crippen molar-refractivity contribution < 1.29 is 9.90 Å². The third kappa shape index (κ3) is 4.45. The van der Waals surface area contributed by atoms with E-state index in [0.717, 1.165) is 16.8 Å². The highest BCUT2D eigenvalue weighted by atomic mass is 32.1. The summed E-state index contributed by atoms with van der Waals surface area (Å²) in [5.74, 6) is -0.638. The zero-order valence-corrected chi connectivity index (χ0v) is 17.1. The number of para-hydroxylation sites is 1. The minimum atomic E-state index is -1.87. The van der Waals surface area contributed by atoms with Crippen LogP contribution in [0.4, 0.5) is 5.69 Å². The summed E-state index contributed by atoms with van der Waals surface area (Å²) in [6.07, 6.45) is 0. The van der Waals surface area contributed by atoms with Gasteiger partial charge >= 0.3 is 0 Å². The quantitative estimate of drug-likeness (QED) is 0.395. The highest BCUT2D eigenvalue weighted by Crippen LogP contribution is 2.29. The number of benzene rings is 3. The normalized spacial score (nSPS) is 10.9. The van der Waals surface area contributed by atoms with Gasteiger partial charge in [-0.25, -0.2) is 0 Å². The van der Waals surface area contributed by atoms with Crippen LogP contribution < -0.4 is 16.2 Å². The molecule has 29 heavy (non-hydrogen) atoms. The maximum atomic E-state index is 13.0. The minimum absolute atomic E-state index is 0.222. The van der Waals surface area contributed by atoms with E-state index in [-0.39, 0.29) is 5.11 Å². The summed E-state index contributed by atoms with van der Waals surface area (Å²) in [7, 11) is 0. The first kappa shape index (κ1) is 20.5. The topological polar surface area (TPSA) is 73.4 Å². The molecule has 3 rings (SSSR count). The Balaban J connectivity index is 1.78. The van der Waals surface area contributed by atoms with Crippen molar-refractivity contribution in [1.82, 2.24) is 10.9 Å². The van der Waals surface area contributed by atoms with Crippen LogP contribution in [-0.4, -0.2) is 16.1 Å². The van der Waals surface area contributed by atoms with E-state index < -0.39 is 11.5 Å². The minimum Gasteiger partial charge on any atom is -0.372 e. The monoisotopic (exact) mass is 405 g/mol. The number of hydrogen-bond donors (Lipinski definition) is 4. The molecule has 3 aromatic carbocycles. The molecular formula is C23H23N3O2S. The molecule has 148 valence electrons. The van der Waals surface area contributed by atoms with Crippen LogP contribution in [0.3, 0.4) is 0 Å². The van der Waals surface area contributed by atoms with Crippen LogP contribution in [0, 0.1) is 13.8 Å². The molecule has 0 saturated heterocycles. The standard InChI is InChI=1S/C23H23N3O2S/c1-16-10-9-11-17(2)20(16)24-22(29)26-25-21(27)23(28,18-12-5-3-6-13-18)19-14-7-4-8-15-19/h3-15,28H,1-2H3,(H,25,27)(H2,24,26,29). The zero-order chi connectivity index (χ0) is 20.9. The summed E-state index contributed by atoms with van der Waals surface area (Å²) in [6.45, 7) is 3.94. The summed E-state index contributed by atoms with van der Waals surface area (Å²) in [6, 6.07) is 23.5. The van der Waals surface area contributed by atoms with Crippen molar-refractivity contribution in [1.29, 1.82) is 0 Å². The first-order valence-corrected chi connectivity index (χ1v) is 9.61. The Morgan fingerprint density at radius 2 is 1.28 bits per heavy atom. The number of nitrogens with one attached hydrogen (secondary N) is 3. The van der Waals surface area contributed by atoms with Gasteiger partial charge in [0.15, 0.2) is 10.7 Å². The average molecular weight is 406 g/mol. The molecule has 3 aromatic rings. The van der Waals surface area contributed by atoms with Gasteiger partial charge < -0.3 is 10.4 Å². The van der Waals surface area contributed by atoms with E-state index in [1.807, 2.05) is 44.2 Å². The number of aryl methyl sites for hydroxylation is 2. The van der Waals surface area contributed by atoms with Crippen molar-refractivity contribution in [2.45, 2.75) is 19.4 Å². The number of amides is 1. The second-order valence-corrected chi connectivity index (χ2v) is 7.15. The van der Waals surface area contributed by atoms with Crippen molar-refractivity contribution in [3.05, 3.63) is 101 Å². The van der Waals surface area contributed by atoms with Crippen LogP contribution in [0.1, 0.15) is 22.3 Å². The van der Waals surface area contributed by atoms with Crippen molar-refractivity contribution in [2.24, 2.45) is 0 Å². The van der Waals surface area contributed by atoms with E-state index in [1.54, 1.807) is 48.5 Å². The lowest BCUT2D eigenvalue weighted by atomic mass is 9.85. The van der Waals surface area contributed by atoms with E-state index in [4.69, 9.17) is 12.2 Å². The lowest BCUT2D eigenvalue weighted by molar-refractivity contribution is -0.137. The van der Waals surface area contributed by atoms with Crippen LogP contribution >= 0.6 is 12.2 Å². The van der Waals surface area contributed by atoms with Crippen molar-refractivity contribution in [3.8, 4) is 0 Å². The molecule has 1 amide bonds. The molecule has 6 heteroatoms. The van der Waals surface area contributed by atoms with Gasteiger partial charge in [0.25, 0.3) is 5.91 Å². The molecule has 0 fully saturated rings. The SMILES string of the molecule is Cc1cccc(C)c1NC(=S)NNC(=O)C(O)(c1ccccc1)c1ccccc1. The number of carbonyl (C=O) groups excluding carboxylic acids is 1. The second kappa shape index (κ2) is 8.86. The summed E-state index contributed by atoms with van der Waals surface area (Å²) < 4.78 is 0. The molecule has 0 spiro atoms. The molecule has 0 aromatic heterocycles. The molecule has 0 aliphatic heterocycles. The van der Waals surface area contributed by atoms with Gasteiger partial charge in [0, 0.05) is 5.69 Å². The Hall–Kier alpha value is -3.22. The summed E-state index contributed by atoms with van der Waals surface area (Å²) in [5, 5.41) is 14.7. The number of carbonyl (C=O) groups is 1. The van der Waals surface area contributed by atoms with Gasteiger partial charge in [-0.05, 0) is 48.3 Å². The van der Waals surface area contributed by atoms with Crippen LogP contribution in [0.15, 0.2) is 78.9 Å². The first-order chi connectivity index (χ1) is 13.9. The van der Waals surface area contributed by atoms with E-state index in [0.29, 0.717) is 11.1 Å². The van der Waals surface area contributed by atoms with Crippen molar-refractivity contribution in [2.75, 3.05) is 5.32 Å². The average Bonchev–Trinajstić information content (AvgIpc) is 2.75. The molecular weight excluding hydrogens is 382 g/mol. The predicted octanol–water partition coefficient (Wildman–Crippen LogP) is 3.56. The Morgan fingerprint density at radius 3 is 1.76 bits per heavy atom. The maximum Gasteiger partial charge on any atom is 0.279 e. The second-order valence-electron chi connectivity index (χ2n) is 6.74. The fourth-order valence-corrected chi connectivity index (χ4v) is 3.30. The number of hydrazine groups is 1. The maximum absolute atomic E-state index is 13.0.